The molecule has 1 amide bonds. The minimum absolute atomic E-state index is 0.352. The number of amides is 1. The molecule has 0 saturated carbocycles. The number of nitrogens with zero attached hydrogens (tertiary/aromatic N) is 1. The topological polar surface area (TPSA) is 38.8 Å². The number of unbranched alkanes of at least 4 members (excludes halogenated alkanes) is 3. The number of hydrogen-bond acceptors (Lipinski definition) is 3. The van der Waals surface area contributed by atoms with E-state index in [1.54, 1.807) is 12.0 Å². The normalized spacial score (nSPS) is 13.2. The molecule has 0 aliphatic heterocycles. The van der Waals surface area contributed by atoms with E-state index in [1.807, 2.05) is 45.0 Å². The second-order valence-electron chi connectivity index (χ2n) is 11.9. The Hall–Kier alpha value is -1.95. The Balaban J connectivity index is 2.73. The van der Waals surface area contributed by atoms with Crippen LogP contribution < -0.4 is 9.64 Å². The van der Waals surface area contributed by atoms with E-state index >= 15 is 0 Å². The Morgan fingerprint density at radius 3 is 1.82 bits per heavy atom. The van der Waals surface area contributed by atoms with Gasteiger partial charge in [-0.1, -0.05) is 0 Å². The van der Waals surface area contributed by atoms with Gasteiger partial charge in [-0.15, -0.1) is 0 Å². The van der Waals surface area contributed by atoms with Gasteiger partial charge in [-0.25, -0.2) is 0 Å². The van der Waals surface area contributed by atoms with Crippen LogP contribution in [-0.4, -0.2) is 37.2 Å². The van der Waals surface area contributed by atoms with E-state index < -0.39 is 24.0 Å². The van der Waals surface area contributed by atoms with Gasteiger partial charge in [-0.3, -0.25) is 0 Å². The number of ether oxygens (including phenoxy) is 2. The molecule has 0 unspecified atom stereocenters. The molecule has 0 aromatic heterocycles. The molecule has 0 N–H and O–H groups in total. The number of rotatable bonds is 15. The third kappa shape index (κ3) is 10.2. The van der Waals surface area contributed by atoms with Gasteiger partial charge in [0, 0.05) is 0 Å². The molecule has 5 heteroatoms. The van der Waals surface area contributed by atoms with Gasteiger partial charge in [0.25, 0.3) is 0 Å². The van der Waals surface area contributed by atoms with Crippen molar-refractivity contribution in [2.75, 3.05) is 12.0 Å². The molecule has 0 heterocycles. The fourth-order valence-corrected chi connectivity index (χ4v) is 24.9. The molecule has 0 aliphatic rings. The third-order valence-electron chi connectivity index (χ3n) is 7.56. The molecule has 2 aromatic carbocycles. The van der Waals surface area contributed by atoms with Crippen molar-refractivity contribution in [3.63, 3.8) is 0 Å². The standard InChI is InChI=1S/C22H26NO3.3C4H9.Sn/c1-17(15-18-9-7-6-8-10-18)16-23(21(24)26-22(2,3)4)19-11-13-20(25-5)14-12-19;3*1-3-4-2;/h6-16H,1-5H3;3*1,3-4H2,2H3;/b17-16-;;;;. The second-order valence-corrected chi connectivity index (χ2v) is 25.6. The molecular weight excluding hydrogens is 589 g/mol. The van der Waals surface area contributed by atoms with Crippen LogP contribution in [-0.2, 0) is 4.74 Å². The summed E-state index contributed by atoms with van der Waals surface area (Å²) in [5.41, 5.74) is 2.90. The fourth-order valence-electron chi connectivity index (χ4n) is 5.70. The summed E-state index contributed by atoms with van der Waals surface area (Å²) in [4.78, 5) is 15.3. The van der Waals surface area contributed by atoms with Crippen LogP contribution in [0.2, 0.25) is 13.3 Å². The van der Waals surface area contributed by atoms with E-state index in [0.717, 1.165) is 11.4 Å². The molecule has 216 valence electrons. The second kappa shape index (κ2) is 16.3. The summed E-state index contributed by atoms with van der Waals surface area (Å²) in [6.45, 7) is 15.0. The van der Waals surface area contributed by atoms with Crippen LogP contribution in [0.5, 0.6) is 5.75 Å². The average molecular weight is 643 g/mol. The monoisotopic (exact) mass is 643 g/mol. The van der Waals surface area contributed by atoms with Crippen LogP contribution in [0.3, 0.4) is 0 Å². The quantitative estimate of drug-likeness (QED) is 0.182. The molecular formula is C34H53NO3Sn. The first-order chi connectivity index (χ1) is 18.6. The Bertz CT molecular complexity index is 989. The van der Waals surface area contributed by atoms with E-state index in [9.17, 15) is 4.79 Å². The first-order valence-electron chi connectivity index (χ1n) is 15.0. The Labute approximate surface area is 243 Å². The van der Waals surface area contributed by atoms with Crippen LogP contribution >= 0.6 is 0 Å². The summed E-state index contributed by atoms with van der Waals surface area (Å²) in [5, 5.41) is 0. The number of allylic oxidation sites excluding steroid dienone is 1. The van der Waals surface area contributed by atoms with Crippen molar-refractivity contribution in [1.29, 1.82) is 0 Å². The number of carbonyl (C=O) groups is 1. The predicted octanol–water partition coefficient (Wildman–Crippen LogP) is 10.5. The zero-order valence-electron chi connectivity index (χ0n) is 25.9. The van der Waals surface area contributed by atoms with Crippen LogP contribution in [0, 0.1) is 0 Å². The molecule has 4 nitrogen and oxygen atoms in total. The van der Waals surface area contributed by atoms with Gasteiger partial charge in [0.1, 0.15) is 0 Å². The molecule has 0 radical (unpaired) electrons. The zero-order valence-corrected chi connectivity index (χ0v) is 28.7. The Morgan fingerprint density at radius 1 is 0.872 bits per heavy atom. The van der Waals surface area contributed by atoms with Crippen LogP contribution in [0.15, 0.2) is 66.4 Å². The van der Waals surface area contributed by atoms with Gasteiger partial charge in [-0.2, -0.15) is 0 Å². The van der Waals surface area contributed by atoms with Crippen molar-refractivity contribution < 1.29 is 14.3 Å². The van der Waals surface area contributed by atoms with Crippen molar-refractivity contribution >= 4 is 30.2 Å². The number of carbonyl (C=O) groups excluding carboxylic acids is 1. The third-order valence-corrected chi connectivity index (χ3v) is 24.9. The minimum atomic E-state index is -2.82. The number of hydrogen-bond donors (Lipinski definition) is 0. The van der Waals surface area contributed by atoms with Crippen molar-refractivity contribution in [2.45, 2.75) is 110 Å². The molecule has 39 heavy (non-hydrogen) atoms. The van der Waals surface area contributed by atoms with Crippen LogP contribution in [0.25, 0.3) is 0 Å². The molecule has 0 spiro atoms. The SMILES string of the molecule is CCC[CH2][Sn]([CH2]CCC)([CH2]CCC)[C@@H](/C(C)=C\N(C(=O)OC(C)(C)C)c1ccc(OC)cc1)c1ccccc1. The summed E-state index contributed by atoms with van der Waals surface area (Å²) in [5.74, 6) is 0.764. The molecule has 1 atom stereocenters. The van der Waals surface area contributed by atoms with Crippen molar-refractivity contribution in [3.05, 3.63) is 71.9 Å². The summed E-state index contributed by atoms with van der Waals surface area (Å²) in [6, 6.07) is 18.8. The molecule has 0 bridgehead atoms. The Kier molecular flexibility index (Phi) is 13.9. The first-order valence-corrected chi connectivity index (χ1v) is 22.7. The van der Waals surface area contributed by atoms with E-state index in [1.165, 1.54) is 63.0 Å². The summed E-state index contributed by atoms with van der Waals surface area (Å²) >= 11 is -2.82. The maximum absolute atomic E-state index is 13.6. The van der Waals surface area contributed by atoms with E-state index in [2.05, 4.69) is 64.2 Å². The summed E-state index contributed by atoms with van der Waals surface area (Å²) in [7, 11) is 1.66. The molecule has 0 fully saturated rings. The van der Waals surface area contributed by atoms with Crippen molar-refractivity contribution in [1.82, 2.24) is 0 Å². The molecule has 0 aliphatic carbocycles. The van der Waals surface area contributed by atoms with Gasteiger partial charge in [0.2, 0.25) is 0 Å². The van der Waals surface area contributed by atoms with Gasteiger partial charge in [0.05, 0.1) is 0 Å². The van der Waals surface area contributed by atoms with E-state index in [0.29, 0.717) is 3.93 Å². The zero-order chi connectivity index (χ0) is 28.9. The van der Waals surface area contributed by atoms with Gasteiger partial charge >= 0.3 is 244 Å². The number of methoxy groups -OCH3 is 1. The average Bonchev–Trinajstić information content (AvgIpc) is 2.92. The molecule has 2 aromatic rings. The number of benzene rings is 2. The van der Waals surface area contributed by atoms with Crippen LogP contribution in [0.4, 0.5) is 10.5 Å². The predicted molar refractivity (Wildman–Crippen MR) is 170 cm³/mol. The molecule has 0 saturated heterocycles. The number of anilines is 1. The van der Waals surface area contributed by atoms with Crippen molar-refractivity contribution in [2.24, 2.45) is 0 Å². The maximum atomic E-state index is 13.6. The summed E-state index contributed by atoms with van der Waals surface area (Å²) in [6.07, 6.45) is 9.33. The van der Waals surface area contributed by atoms with Crippen LogP contribution in [0.1, 0.15) is 96.5 Å². The van der Waals surface area contributed by atoms with Crippen molar-refractivity contribution in [3.8, 4) is 5.75 Å². The van der Waals surface area contributed by atoms with Gasteiger partial charge in [0.15, 0.2) is 0 Å². The van der Waals surface area contributed by atoms with E-state index in [-0.39, 0.29) is 6.09 Å². The summed E-state index contributed by atoms with van der Waals surface area (Å²) < 4.78 is 15.9. The van der Waals surface area contributed by atoms with Gasteiger partial charge in [-0.05, 0) is 0 Å². The van der Waals surface area contributed by atoms with E-state index in [4.69, 9.17) is 9.47 Å². The molecule has 2 rings (SSSR count). The Morgan fingerprint density at radius 2 is 1.38 bits per heavy atom. The first kappa shape index (κ1) is 33.3. The fraction of sp³-hybridized carbons (Fsp3) is 0.559. The van der Waals surface area contributed by atoms with Gasteiger partial charge < -0.3 is 0 Å².